The van der Waals surface area contributed by atoms with Crippen LogP contribution in [0.1, 0.15) is 0 Å². The summed E-state index contributed by atoms with van der Waals surface area (Å²) in [6, 6.07) is 14.1. The molecular weight excluding hydrogens is 312 g/mol. The number of hydrogen-bond donors (Lipinski definition) is 1. The molecule has 0 amide bonds. The van der Waals surface area contributed by atoms with E-state index >= 15 is 0 Å². The summed E-state index contributed by atoms with van der Waals surface area (Å²) in [6.45, 7) is -0.412. The van der Waals surface area contributed by atoms with Gasteiger partial charge in [-0.2, -0.15) is 4.98 Å². The van der Waals surface area contributed by atoms with Crippen LogP contribution in [-0.4, -0.2) is 34.9 Å². The number of carboxylic acids is 1. The lowest BCUT2D eigenvalue weighted by molar-refractivity contribution is -0.139. The van der Waals surface area contributed by atoms with Crippen LogP contribution in [0, 0.1) is 0 Å². The monoisotopic (exact) mass is 326 g/mol. The number of methoxy groups -OCH3 is 1. The van der Waals surface area contributed by atoms with Crippen molar-refractivity contribution in [3.8, 4) is 34.3 Å². The number of ether oxygens (including phenoxy) is 2. The van der Waals surface area contributed by atoms with Gasteiger partial charge in [0.2, 0.25) is 5.82 Å². The number of aromatic nitrogens is 2. The number of carbonyl (C=O) groups is 1. The molecule has 0 saturated heterocycles. The second-order valence-electron chi connectivity index (χ2n) is 4.86. The molecule has 7 heteroatoms. The van der Waals surface area contributed by atoms with Gasteiger partial charge in [-0.15, -0.1) is 0 Å². The van der Waals surface area contributed by atoms with Gasteiger partial charge >= 0.3 is 5.97 Å². The molecule has 0 aliphatic heterocycles. The van der Waals surface area contributed by atoms with Crippen LogP contribution in [0.3, 0.4) is 0 Å². The van der Waals surface area contributed by atoms with Gasteiger partial charge in [0.25, 0.3) is 5.89 Å². The molecule has 1 aromatic heterocycles. The number of benzene rings is 2. The molecule has 0 aliphatic carbocycles. The molecule has 0 bridgehead atoms. The summed E-state index contributed by atoms with van der Waals surface area (Å²) in [5.74, 6) is 0.885. The Morgan fingerprint density at radius 2 is 1.92 bits per heavy atom. The Bertz CT molecular complexity index is 842. The average molecular weight is 326 g/mol. The van der Waals surface area contributed by atoms with E-state index in [2.05, 4.69) is 10.1 Å². The lowest BCUT2D eigenvalue weighted by atomic mass is 10.2. The summed E-state index contributed by atoms with van der Waals surface area (Å²) in [5.41, 5.74) is 1.44. The van der Waals surface area contributed by atoms with Crippen molar-refractivity contribution in [2.24, 2.45) is 0 Å². The van der Waals surface area contributed by atoms with Crippen LogP contribution in [0.25, 0.3) is 22.8 Å². The van der Waals surface area contributed by atoms with E-state index < -0.39 is 12.6 Å². The second-order valence-corrected chi connectivity index (χ2v) is 4.86. The number of hydrogen-bond acceptors (Lipinski definition) is 6. The normalized spacial score (nSPS) is 10.4. The summed E-state index contributed by atoms with van der Waals surface area (Å²) >= 11 is 0. The van der Waals surface area contributed by atoms with Gasteiger partial charge in [0.1, 0.15) is 11.5 Å². The minimum atomic E-state index is -1.04. The fraction of sp³-hybridized carbons (Fsp3) is 0.118. The maximum absolute atomic E-state index is 10.6. The average Bonchev–Trinajstić information content (AvgIpc) is 3.10. The van der Waals surface area contributed by atoms with E-state index in [9.17, 15) is 4.79 Å². The van der Waals surface area contributed by atoms with Gasteiger partial charge < -0.3 is 19.1 Å². The van der Waals surface area contributed by atoms with Gasteiger partial charge in [-0.05, 0) is 42.5 Å². The minimum Gasteiger partial charge on any atom is -0.497 e. The SMILES string of the molecule is COc1ccc(-c2noc(-c3cccc(OCC(=O)O)c3)n2)cc1. The van der Waals surface area contributed by atoms with E-state index in [1.165, 1.54) is 0 Å². The van der Waals surface area contributed by atoms with Crippen LogP contribution in [0.5, 0.6) is 11.5 Å². The molecule has 0 fully saturated rings. The molecule has 0 radical (unpaired) electrons. The van der Waals surface area contributed by atoms with Gasteiger partial charge in [-0.1, -0.05) is 11.2 Å². The highest BCUT2D eigenvalue weighted by atomic mass is 16.5. The highest BCUT2D eigenvalue weighted by Gasteiger charge is 2.12. The Morgan fingerprint density at radius 1 is 1.12 bits per heavy atom. The summed E-state index contributed by atoms with van der Waals surface area (Å²) in [5, 5.41) is 12.6. The highest BCUT2D eigenvalue weighted by molar-refractivity contribution is 5.68. The Morgan fingerprint density at radius 3 is 2.62 bits per heavy atom. The van der Waals surface area contributed by atoms with E-state index in [1.807, 2.05) is 24.3 Å². The Kier molecular flexibility index (Phi) is 4.42. The molecule has 3 rings (SSSR count). The minimum absolute atomic E-state index is 0.321. The largest absolute Gasteiger partial charge is 0.497 e. The molecule has 0 atom stereocenters. The number of rotatable bonds is 6. The van der Waals surface area contributed by atoms with Crippen molar-refractivity contribution in [2.75, 3.05) is 13.7 Å². The number of nitrogens with zero attached hydrogens (tertiary/aromatic N) is 2. The van der Waals surface area contributed by atoms with Crippen LogP contribution in [-0.2, 0) is 4.79 Å². The first-order valence-electron chi connectivity index (χ1n) is 7.09. The molecule has 3 aromatic rings. The van der Waals surface area contributed by atoms with E-state index in [-0.39, 0.29) is 0 Å². The van der Waals surface area contributed by atoms with Crippen molar-refractivity contribution in [3.63, 3.8) is 0 Å². The third-order valence-electron chi connectivity index (χ3n) is 3.22. The first-order valence-corrected chi connectivity index (χ1v) is 7.09. The number of carboxylic acid groups (broad SMARTS) is 1. The summed E-state index contributed by atoms with van der Waals surface area (Å²) in [4.78, 5) is 14.9. The zero-order valence-electron chi connectivity index (χ0n) is 12.8. The second kappa shape index (κ2) is 6.82. The topological polar surface area (TPSA) is 94.7 Å². The fourth-order valence-electron chi connectivity index (χ4n) is 2.06. The molecule has 1 heterocycles. The van der Waals surface area contributed by atoms with E-state index in [0.29, 0.717) is 23.0 Å². The highest BCUT2D eigenvalue weighted by Crippen LogP contribution is 2.26. The standard InChI is InChI=1S/C17H14N2O5/c1-22-13-7-5-11(6-8-13)16-18-17(24-19-16)12-3-2-4-14(9-12)23-10-15(20)21/h2-9H,10H2,1H3,(H,20,21). The Labute approximate surface area is 137 Å². The van der Waals surface area contributed by atoms with E-state index in [4.69, 9.17) is 19.1 Å². The van der Waals surface area contributed by atoms with E-state index in [0.717, 1.165) is 11.3 Å². The molecule has 0 spiro atoms. The summed E-state index contributed by atoms with van der Waals surface area (Å²) in [7, 11) is 1.60. The van der Waals surface area contributed by atoms with Crippen molar-refractivity contribution >= 4 is 5.97 Å². The van der Waals surface area contributed by atoms with Crippen molar-refractivity contribution in [1.29, 1.82) is 0 Å². The van der Waals surface area contributed by atoms with Gasteiger partial charge in [0.05, 0.1) is 7.11 Å². The predicted molar refractivity (Wildman–Crippen MR) is 84.9 cm³/mol. The van der Waals surface area contributed by atoms with Crippen LogP contribution in [0.2, 0.25) is 0 Å². The summed E-state index contributed by atoms with van der Waals surface area (Å²) in [6.07, 6.45) is 0. The van der Waals surface area contributed by atoms with Gasteiger partial charge in [-0.3, -0.25) is 0 Å². The zero-order valence-corrected chi connectivity index (χ0v) is 12.8. The molecule has 7 nitrogen and oxygen atoms in total. The van der Waals surface area contributed by atoms with Crippen molar-refractivity contribution in [2.45, 2.75) is 0 Å². The quantitative estimate of drug-likeness (QED) is 0.744. The molecule has 1 N–H and O–H groups in total. The van der Waals surface area contributed by atoms with E-state index in [1.54, 1.807) is 31.4 Å². The Hall–Kier alpha value is -3.35. The first kappa shape index (κ1) is 15.5. The maximum Gasteiger partial charge on any atom is 0.341 e. The van der Waals surface area contributed by atoms with Crippen LogP contribution in [0.4, 0.5) is 0 Å². The maximum atomic E-state index is 10.6. The first-order chi connectivity index (χ1) is 11.7. The third-order valence-corrected chi connectivity index (χ3v) is 3.22. The lowest BCUT2D eigenvalue weighted by Crippen LogP contribution is -2.09. The van der Waals surface area contributed by atoms with Gasteiger partial charge in [-0.25, -0.2) is 4.79 Å². The molecular formula is C17H14N2O5. The van der Waals surface area contributed by atoms with Gasteiger partial charge in [0.15, 0.2) is 6.61 Å². The zero-order chi connectivity index (χ0) is 16.9. The van der Waals surface area contributed by atoms with Crippen LogP contribution in [0.15, 0.2) is 53.1 Å². The molecule has 24 heavy (non-hydrogen) atoms. The lowest BCUT2D eigenvalue weighted by Gasteiger charge is -2.03. The van der Waals surface area contributed by atoms with Crippen LogP contribution >= 0.6 is 0 Å². The molecule has 0 unspecified atom stereocenters. The molecule has 122 valence electrons. The van der Waals surface area contributed by atoms with Crippen molar-refractivity contribution < 1.29 is 23.9 Å². The van der Waals surface area contributed by atoms with Crippen LogP contribution < -0.4 is 9.47 Å². The number of aliphatic carboxylic acids is 1. The van der Waals surface area contributed by atoms with Gasteiger partial charge in [0, 0.05) is 11.1 Å². The molecule has 2 aromatic carbocycles. The summed E-state index contributed by atoms with van der Waals surface area (Å²) < 4.78 is 15.5. The molecule has 0 saturated carbocycles. The molecule has 0 aliphatic rings. The van der Waals surface area contributed by atoms with Crippen molar-refractivity contribution in [3.05, 3.63) is 48.5 Å². The third kappa shape index (κ3) is 3.52. The predicted octanol–water partition coefficient (Wildman–Crippen LogP) is 2.88. The smallest absolute Gasteiger partial charge is 0.341 e. The Balaban J connectivity index is 1.82. The fourth-order valence-corrected chi connectivity index (χ4v) is 2.06. The van der Waals surface area contributed by atoms with Crippen molar-refractivity contribution in [1.82, 2.24) is 10.1 Å².